The number of carbonyl (C=O) groups excluding carboxylic acids is 4. The fourth-order valence-electron chi connectivity index (χ4n) is 7.49. The molecule has 0 bridgehead atoms. The second kappa shape index (κ2) is 10.9. The molecule has 0 radical (unpaired) electrons. The third-order valence-electron chi connectivity index (χ3n) is 9.76. The van der Waals surface area contributed by atoms with Crippen LogP contribution in [0.1, 0.15) is 35.8 Å². The zero-order chi connectivity index (χ0) is 34.8. The van der Waals surface area contributed by atoms with Crippen molar-refractivity contribution in [2.75, 3.05) is 9.80 Å². The van der Waals surface area contributed by atoms with Gasteiger partial charge in [-0.05, 0) is 55.5 Å². The fraction of sp³-hybridized carbons (Fsp3) is 0.312. The maximum atomic E-state index is 15.1. The average molecular weight is 730 g/mol. The number of carbonyl (C=O) groups is 4. The van der Waals surface area contributed by atoms with E-state index in [4.69, 9.17) is 39.2 Å². The highest BCUT2D eigenvalue weighted by Crippen LogP contribution is 2.66. The maximum absolute atomic E-state index is 15.1. The van der Waals surface area contributed by atoms with Gasteiger partial charge < -0.3 is 9.52 Å². The van der Waals surface area contributed by atoms with Crippen LogP contribution in [-0.4, -0.2) is 38.5 Å². The normalized spacial score (nSPS) is 29.8. The number of aryl methyl sites for hydroxylation is 1. The van der Waals surface area contributed by atoms with E-state index >= 15 is 8.78 Å². The molecule has 3 heterocycles. The molecule has 1 aromatic heterocycles. The van der Waals surface area contributed by atoms with Crippen molar-refractivity contribution in [2.45, 2.75) is 42.0 Å². The minimum Gasteiger partial charge on any atom is -0.463 e. The van der Waals surface area contributed by atoms with Gasteiger partial charge >= 0.3 is 0 Å². The number of aliphatic hydroxyl groups is 1. The minimum atomic E-state index is -2.72. The number of anilines is 2. The van der Waals surface area contributed by atoms with Crippen LogP contribution in [0.15, 0.2) is 46.4 Å². The number of halogens is 8. The molecular formula is C32H20Cl3F5N2O6. The summed E-state index contributed by atoms with van der Waals surface area (Å²) in [6, 6.07) is 7.20. The van der Waals surface area contributed by atoms with Gasteiger partial charge in [-0.15, -0.1) is 23.2 Å². The lowest BCUT2D eigenvalue weighted by Crippen LogP contribution is -2.60. The standard InChI is InChI=1S/C32H20Cl3F5N2O6/c1-11-2-3-12(8-17(11)33)41-27(44)15-6-5-14-16(19(15)28(41)45)9-31(34)29(46)42(26-24(39)22(37)21(36)23(38)25(26)40)30(47)32(31,35)20(14)18-7-4-13(10-43)48-18/h2-5,7-8,15-16,19-20,43H,6,9-10H2,1H3. The Morgan fingerprint density at radius 1 is 0.875 bits per heavy atom. The van der Waals surface area contributed by atoms with Gasteiger partial charge in [0.15, 0.2) is 33.0 Å². The smallest absolute Gasteiger partial charge is 0.258 e. The monoisotopic (exact) mass is 728 g/mol. The zero-order valence-corrected chi connectivity index (χ0v) is 26.6. The molecule has 2 saturated heterocycles. The number of fused-ring (bicyclic) bond motifs is 4. The van der Waals surface area contributed by atoms with Gasteiger partial charge in [-0.2, -0.15) is 0 Å². The quantitative estimate of drug-likeness (QED) is 0.0857. The predicted octanol–water partition coefficient (Wildman–Crippen LogP) is 6.20. The van der Waals surface area contributed by atoms with Crippen LogP contribution in [0.2, 0.25) is 5.02 Å². The molecule has 0 spiro atoms. The maximum Gasteiger partial charge on any atom is 0.258 e. The Bertz CT molecular complexity index is 2010. The van der Waals surface area contributed by atoms with Gasteiger partial charge in [0, 0.05) is 5.02 Å². The number of imide groups is 2. The summed E-state index contributed by atoms with van der Waals surface area (Å²) in [6.45, 7) is 1.11. The number of benzene rings is 2. The van der Waals surface area contributed by atoms with Gasteiger partial charge in [0.25, 0.3) is 11.8 Å². The number of hydrogen-bond acceptors (Lipinski definition) is 6. The van der Waals surface area contributed by atoms with Crippen molar-refractivity contribution in [3.63, 3.8) is 0 Å². The molecule has 2 aliphatic heterocycles. The van der Waals surface area contributed by atoms with Crippen molar-refractivity contribution in [2.24, 2.45) is 17.8 Å². The van der Waals surface area contributed by atoms with E-state index in [2.05, 4.69) is 0 Å². The first-order valence-electron chi connectivity index (χ1n) is 14.4. The lowest BCUT2D eigenvalue weighted by atomic mass is 9.57. The summed E-state index contributed by atoms with van der Waals surface area (Å²) in [7, 11) is 0. The van der Waals surface area contributed by atoms with Gasteiger partial charge in [0.1, 0.15) is 23.8 Å². The van der Waals surface area contributed by atoms with E-state index in [-0.39, 0.29) is 39.1 Å². The first-order valence-corrected chi connectivity index (χ1v) is 15.5. The lowest BCUT2D eigenvalue weighted by molar-refractivity contribution is -0.125. The van der Waals surface area contributed by atoms with Gasteiger partial charge in [-0.1, -0.05) is 29.3 Å². The first-order chi connectivity index (χ1) is 22.6. The number of aliphatic hydroxyl groups excluding tert-OH is 1. The molecule has 4 aliphatic rings. The van der Waals surface area contributed by atoms with Crippen molar-refractivity contribution in [1.29, 1.82) is 0 Å². The Morgan fingerprint density at radius 3 is 2.12 bits per heavy atom. The summed E-state index contributed by atoms with van der Waals surface area (Å²) in [5, 5.41) is 9.97. The van der Waals surface area contributed by atoms with Crippen molar-refractivity contribution in [3.8, 4) is 0 Å². The van der Waals surface area contributed by atoms with E-state index in [1.165, 1.54) is 30.3 Å². The Kier molecular flexibility index (Phi) is 7.41. The van der Waals surface area contributed by atoms with Crippen molar-refractivity contribution >= 4 is 69.8 Å². The van der Waals surface area contributed by atoms with E-state index in [0.29, 0.717) is 5.56 Å². The molecule has 3 aromatic rings. The molecule has 250 valence electrons. The molecule has 3 fully saturated rings. The highest BCUT2D eigenvalue weighted by molar-refractivity contribution is 6.58. The molecule has 7 rings (SSSR count). The van der Waals surface area contributed by atoms with Crippen LogP contribution in [0.4, 0.5) is 33.3 Å². The van der Waals surface area contributed by atoms with Crippen molar-refractivity contribution < 1.29 is 50.7 Å². The SMILES string of the molecule is Cc1ccc(N2C(=O)C3CC=C4C(CC5(Cl)C(=O)N(c6c(F)c(F)c(F)c(F)c6F)C(=O)C5(Cl)C4c4ccc(CO)o4)C3C2=O)cc1Cl. The summed E-state index contributed by atoms with van der Waals surface area (Å²) in [5.74, 6) is -21.9. The van der Waals surface area contributed by atoms with E-state index in [0.717, 1.165) is 4.90 Å². The average Bonchev–Trinajstić information content (AvgIpc) is 3.67. The van der Waals surface area contributed by atoms with Gasteiger partial charge in [0.2, 0.25) is 17.6 Å². The number of alkyl halides is 2. The van der Waals surface area contributed by atoms with Gasteiger partial charge in [-0.3, -0.25) is 19.2 Å². The number of furan rings is 1. The molecule has 2 aromatic carbocycles. The number of nitrogens with zero attached hydrogens (tertiary/aromatic N) is 2. The van der Waals surface area contributed by atoms with Crippen molar-refractivity contribution in [1.82, 2.24) is 0 Å². The van der Waals surface area contributed by atoms with E-state index < -0.39 is 105 Å². The van der Waals surface area contributed by atoms with Crippen LogP contribution in [-0.2, 0) is 25.8 Å². The third kappa shape index (κ3) is 4.04. The fourth-order valence-corrected chi connectivity index (χ4v) is 8.58. The highest BCUT2D eigenvalue weighted by atomic mass is 35.5. The van der Waals surface area contributed by atoms with E-state index in [1.807, 2.05) is 0 Å². The zero-order valence-electron chi connectivity index (χ0n) is 24.3. The van der Waals surface area contributed by atoms with Crippen molar-refractivity contribution in [3.05, 3.63) is 93.2 Å². The molecule has 16 heteroatoms. The molecule has 1 saturated carbocycles. The second-order valence-corrected chi connectivity index (χ2v) is 13.7. The predicted molar refractivity (Wildman–Crippen MR) is 160 cm³/mol. The Hall–Kier alpha value is -3.78. The van der Waals surface area contributed by atoms with Crippen LogP contribution in [0.3, 0.4) is 0 Å². The topological polar surface area (TPSA) is 108 Å². The molecule has 48 heavy (non-hydrogen) atoms. The minimum absolute atomic E-state index is 0.0233. The van der Waals surface area contributed by atoms with Crippen LogP contribution in [0.5, 0.6) is 0 Å². The summed E-state index contributed by atoms with van der Waals surface area (Å²) in [5.41, 5.74) is -0.803. The molecule has 4 amide bonds. The van der Waals surface area contributed by atoms with Crippen LogP contribution < -0.4 is 9.80 Å². The number of allylic oxidation sites excluding steroid dienone is 2. The number of amides is 4. The summed E-state index contributed by atoms with van der Waals surface area (Å²) >= 11 is 20.3. The number of hydrogen-bond donors (Lipinski definition) is 1. The summed E-state index contributed by atoms with van der Waals surface area (Å²) in [6.07, 6.45) is 0.827. The molecule has 8 nitrogen and oxygen atoms in total. The molecule has 6 atom stereocenters. The third-order valence-corrected chi connectivity index (χ3v) is 11.6. The van der Waals surface area contributed by atoms with Gasteiger partial charge in [0.05, 0.1) is 23.4 Å². The summed E-state index contributed by atoms with van der Waals surface area (Å²) < 4.78 is 78.6. The van der Waals surface area contributed by atoms with Crippen LogP contribution in [0.25, 0.3) is 0 Å². The first kappa shape index (κ1) is 32.8. The Labute approximate surface area is 282 Å². The van der Waals surface area contributed by atoms with E-state index in [9.17, 15) is 37.5 Å². The van der Waals surface area contributed by atoms with Crippen LogP contribution in [0, 0.1) is 53.8 Å². The van der Waals surface area contributed by atoms with Crippen LogP contribution >= 0.6 is 34.8 Å². The largest absolute Gasteiger partial charge is 0.463 e. The molecular weight excluding hydrogens is 710 g/mol. The molecule has 1 N–H and O–H groups in total. The van der Waals surface area contributed by atoms with Gasteiger partial charge in [-0.25, -0.2) is 31.8 Å². The highest BCUT2D eigenvalue weighted by Gasteiger charge is 2.77. The Morgan fingerprint density at radius 2 is 1.52 bits per heavy atom. The lowest BCUT2D eigenvalue weighted by Gasteiger charge is -2.49. The number of rotatable bonds is 4. The van der Waals surface area contributed by atoms with E-state index in [1.54, 1.807) is 13.0 Å². The second-order valence-electron chi connectivity index (χ2n) is 12.1. The summed E-state index contributed by atoms with van der Waals surface area (Å²) in [4.78, 5) is 51.5. The molecule has 2 aliphatic carbocycles. The Balaban J connectivity index is 1.41. The molecule has 6 unspecified atom stereocenters.